The maximum Gasteiger partial charge on any atom is 0.306 e. The molecular formula is C42H77NO8. The number of quaternary nitrogens is 1. The molecule has 0 aliphatic carbocycles. The predicted octanol–water partition coefficient (Wildman–Crippen LogP) is 8.77. The number of esters is 2. The van der Waals surface area contributed by atoms with Crippen molar-refractivity contribution in [2.45, 2.75) is 180 Å². The summed E-state index contributed by atoms with van der Waals surface area (Å²) in [6.45, 7) is 4.65. The van der Waals surface area contributed by atoms with Gasteiger partial charge in [-0.05, 0) is 38.5 Å². The molecular weight excluding hydrogens is 646 g/mol. The minimum absolute atomic E-state index is 0.146. The van der Waals surface area contributed by atoms with Crippen LogP contribution >= 0.6 is 0 Å². The number of unbranched alkanes of at least 4 members (excludes halogenated alkanes) is 18. The van der Waals surface area contributed by atoms with Gasteiger partial charge >= 0.3 is 11.9 Å². The van der Waals surface area contributed by atoms with Crippen molar-refractivity contribution >= 4 is 17.9 Å². The number of allylic oxidation sites excluding steroid dienone is 4. The van der Waals surface area contributed by atoms with Gasteiger partial charge in [0.05, 0.1) is 40.3 Å². The highest BCUT2D eigenvalue weighted by atomic mass is 16.7. The Morgan fingerprint density at radius 1 is 0.588 bits per heavy atom. The van der Waals surface area contributed by atoms with E-state index in [2.05, 4.69) is 38.2 Å². The number of hydrogen-bond donors (Lipinski definition) is 0. The molecule has 0 N–H and O–H groups in total. The maximum atomic E-state index is 12.7. The normalized spacial score (nSPS) is 13.2. The van der Waals surface area contributed by atoms with Crippen LogP contribution in [0.1, 0.15) is 168 Å². The van der Waals surface area contributed by atoms with Crippen LogP contribution in [-0.2, 0) is 33.3 Å². The van der Waals surface area contributed by atoms with Gasteiger partial charge in [0.2, 0.25) is 0 Å². The maximum absolute atomic E-state index is 12.7. The zero-order chi connectivity index (χ0) is 37.8. The second-order valence-electron chi connectivity index (χ2n) is 14.9. The standard InChI is InChI=1S/C42H77NO8/c1-6-8-10-12-14-16-18-20-22-24-26-28-30-32-39(44)49-36-38(37-50-42(41(46)47)48-35-34-43(3,4)5)51-40(45)33-31-29-27-25-23-21-19-17-15-13-11-9-7-2/h11,13,17,19,38,42H,6-10,12,14-16,18,20-37H2,1-5H3/b13-11-,19-17-. The molecule has 0 amide bonds. The molecule has 0 aromatic rings. The lowest BCUT2D eigenvalue weighted by atomic mass is 10.0. The molecule has 0 heterocycles. The molecule has 298 valence electrons. The van der Waals surface area contributed by atoms with Crippen molar-refractivity contribution in [2.75, 3.05) is 47.5 Å². The highest BCUT2D eigenvalue weighted by molar-refractivity contribution is 5.70. The van der Waals surface area contributed by atoms with Crippen LogP contribution in [0.5, 0.6) is 0 Å². The summed E-state index contributed by atoms with van der Waals surface area (Å²) in [5.74, 6) is -2.30. The molecule has 0 spiro atoms. The molecule has 0 fully saturated rings. The van der Waals surface area contributed by atoms with Crippen molar-refractivity contribution in [1.29, 1.82) is 0 Å². The number of carbonyl (C=O) groups excluding carboxylic acids is 3. The smallest absolute Gasteiger partial charge is 0.306 e. The number of aliphatic carboxylic acids is 1. The first-order valence-electron chi connectivity index (χ1n) is 20.5. The first-order valence-corrected chi connectivity index (χ1v) is 20.5. The Hall–Kier alpha value is -2.23. The first-order chi connectivity index (χ1) is 24.6. The Balaban J connectivity index is 4.51. The van der Waals surface area contributed by atoms with Crippen molar-refractivity contribution in [3.8, 4) is 0 Å². The van der Waals surface area contributed by atoms with Gasteiger partial charge in [0.25, 0.3) is 0 Å². The lowest BCUT2D eigenvalue weighted by Gasteiger charge is -2.26. The van der Waals surface area contributed by atoms with Crippen LogP contribution in [0.3, 0.4) is 0 Å². The average molecular weight is 724 g/mol. The molecule has 2 unspecified atom stereocenters. The van der Waals surface area contributed by atoms with Crippen LogP contribution in [0.4, 0.5) is 0 Å². The minimum Gasteiger partial charge on any atom is -0.545 e. The Kier molecular flexibility index (Phi) is 33.3. The Morgan fingerprint density at radius 3 is 1.63 bits per heavy atom. The van der Waals surface area contributed by atoms with Gasteiger partial charge in [-0.25, -0.2) is 0 Å². The first kappa shape index (κ1) is 48.8. The summed E-state index contributed by atoms with van der Waals surface area (Å²) >= 11 is 0. The molecule has 0 rings (SSSR count). The quantitative estimate of drug-likeness (QED) is 0.0206. The molecule has 0 aromatic carbocycles. The van der Waals surface area contributed by atoms with Gasteiger partial charge in [0.1, 0.15) is 13.2 Å². The van der Waals surface area contributed by atoms with Gasteiger partial charge in [-0.15, -0.1) is 0 Å². The van der Waals surface area contributed by atoms with Crippen molar-refractivity contribution in [3.63, 3.8) is 0 Å². The molecule has 9 nitrogen and oxygen atoms in total. The highest BCUT2D eigenvalue weighted by Crippen LogP contribution is 2.14. The van der Waals surface area contributed by atoms with Gasteiger partial charge in [0.15, 0.2) is 12.4 Å². The fourth-order valence-corrected chi connectivity index (χ4v) is 5.45. The van der Waals surface area contributed by atoms with E-state index in [-0.39, 0.29) is 32.2 Å². The SMILES string of the molecule is CCC/C=C\C/C=C\CCCCCCCC(=O)OC(COC(=O)CCCCCCCCCCCCCCC)COC(OCC[N+](C)(C)C)C(=O)[O-]. The second-order valence-corrected chi connectivity index (χ2v) is 14.9. The van der Waals surface area contributed by atoms with Crippen LogP contribution in [0.25, 0.3) is 0 Å². The molecule has 2 atom stereocenters. The largest absolute Gasteiger partial charge is 0.545 e. The molecule has 0 aliphatic rings. The van der Waals surface area contributed by atoms with Crippen molar-refractivity contribution in [3.05, 3.63) is 24.3 Å². The number of hydrogen-bond acceptors (Lipinski definition) is 8. The van der Waals surface area contributed by atoms with E-state index in [9.17, 15) is 19.5 Å². The van der Waals surface area contributed by atoms with Crippen LogP contribution in [0.15, 0.2) is 24.3 Å². The summed E-state index contributed by atoms with van der Waals surface area (Å²) in [4.78, 5) is 36.8. The van der Waals surface area contributed by atoms with Crippen LogP contribution < -0.4 is 5.11 Å². The topological polar surface area (TPSA) is 111 Å². The number of rotatable bonds is 37. The third kappa shape index (κ3) is 35.9. The van der Waals surface area contributed by atoms with E-state index in [4.69, 9.17) is 18.9 Å². The number of ether oxygens (including phenoxy) is 4. The monoisotopic (exact) mass is 724 g/mol. The molecule has 9 heteroatoms. The fourth-order valence-electron chi connectivity index (χ4n) is 5.45. The summed E-state index contributed by atoms with van der Waals surface area (Å²) in [7, 11) is 5.90. The molecule has 0 saturated heterocycles. The molecule has 0 bridgehead atoms. The van der Waals surface area contributed by atoms with E-state index in [0.717, 1.165) is 64.2 Å². The van der Waals surface area contributed by atoms with Gasteiger partial charge in [0, 0.05) is 12.8 Å². The summed E-state index contributed by atoms with van der Waals surface area (Å²) in [5, 5.41) is 11.6. The Morgan fingerprint density at radius 2 is 1.10 bits per heavy atom. The fraction of sp³-hybridized carbons (Fsp3) is 0.833. The molecule has 51 heavy (non-hydrogen) atoms. The molecule has 0 radical (unpaired) electrons. The zero-order valence-corrected chi connectivity index (χ0v) is 33.5. The number of likely N-dealkylation sites (N-methyl/N-ethyl adjacent to an activating group) is 1. The van der Waals surface area contributed by atoms with Crippen LogP contribution in [0.2, 0.25) is 0 Å². The lowest BCUT2D eigenvalue weighted by molar-refractivity contribution is -0.870. The Bertz CT molecular complexity index is 898. The average Bonchev–Trinajstić information content (AvgIpc) is 3.08. The van der Waals surface area contributed by atoms with Crippen LogP contribution in [-0.4, -0.2) is 82.3 Å². The number of carbonyl (C=O) groups is 3. The van der Waals surface area contributed by atoms with E-state index < -0.39 is 24.3 Å². The van der Waals surface area contributed by atoms with Gasteiger partial charge in [-0.1, -0.05) is 141 Å². The van der Waals surface area contributed by atoms with E-state index in [1.807, 2.05) is 21.1 Å². The third-order valence-corrected chi connectivity index (χ3v) is 8.68. The predicted molar refractivity (Wildman–Crippen MR) is 205 cm³/mol. The summed E-state index contributed by atoms with van der Waals surface area (Å²) in [5.41, 5.74) is 0. The molecule has 0 aromatic heterocycles. The van der Waals surface area contributed by atoms with Crippen molar-refractivity contribution in [2.24, 2.45) is 0 Å². The number of carboxylic acids is 1. The lowest BCUT2D eigenvalue weighted by Crippen LogP contribution is -2.44. The third-order valence-electron chi connectivity index (χ3n) is 8.68. The summed E-state index contributed by atoms with van der Waals surface area (Å²) < 4.78 is 22.5. The highest BCUT2D eigenvalue weighted by Gasteiger charge is 2.21. The van der Waals surface area contributed by atoms with E-state index in [1.165, 1.54) is 70.6 Å². The number of nitrogens with zero attached hydrogens (tertiary/aromatic N) is 1. The van der Waals surface area contributed by atoms with Gasteiger partial charge < -0.3 is 33.3 Å². The van der Waals surface area contributed by atoms with Crippen molar-refractivity contribution in [1.82, 2.24) is 0 Å². The van der Waals surface area contributed by atoms with E-state index in [1.54, 1.807) is 0 Å². The second kappa shape index (κ2) is 34.8. The zero-order valence-electron chi connectivity index (χ0n) is 33.5. The summed E-state index contributed by atoms with van der Waals surface area (Å²) in [6.07, 6.45) is 32.0. The molecule has 0 saturated carbocycles. The van der Waals surface area contributed by atoms with Crippen LogP contribution in [0, 0.1) is 0 Å². The van der Waals surface area contributed by atoms with Crippen molar-refractivity contribution < 1.29 is 42.9 Å². The number of carboxylic acid groups (broad SMARTS) is 1. The minimum atomic E-state index is -1.62. The van der Waals surface area contributed by atoms with Gasteiger partial charge in [-0.2, -0.15) is 0 Å². The molecule has 0 aliphatic heterocycles. The Labute approximate surface area is 312 Å². The van der Waals surface area contributed by atoms with E-state index in [0.29, 0.717) is 23.9 Å². The summed E-state index contributed by atoms with van der Waals surface area (Å²) in [6, 6.07) is 0. The van der Waals surface area contributed by atoms with E-state index >= 15 is 0 Å². The van der Waals surface area contributed by atoms with Gasteiger partial charge in [-0.3, -0.25) is 9.59 Å².